The number of halogens is 1. The summed E-state index contributed by atoms with van der Waals surface area (Å²) in [5.41, 5.74) is 6.83. The SMILES string of the molecule is CCN(CC1CCC1)C(=O)c1sc2cc(Br)ccc2c1N. The van der Waals surface area contributed by atoms with E-state index in [9.17, 15) is 4.79 Å². The summed E-state index contributed by atoms with van der Waals surface area (Å²) in [5.74, 6) is 0.762. The van der Waals surface area contributed by atoms with Crippen LogP contribution in [0, 0.1) is 5.92 Å². The number of nitrogens with two attached hydrogens (primary N) is 1. The Morgan fingerprint density at radius 1 is 1.48 bits per heavy atom. The smallest absolute Gasteiger partial charge is 0.266 e. The second-order valence-electron chi connectivity index (χ2n) is 5.63. The molecule has 1 heterocycles. The Morgan fingerprint density at radius 3 is 2.86 bits per heavy atom. The van der Waals surface area contributed by atoms with Crippen LogP contribution in [0.15, 0.2) is 22.7 Å². The Bertz CT molecular complexity index is 678. The molecule has 1 aliphatic carbocycles. The largest absolute Gasteiger partial charge is 0.397 e. The lowest BCUT2D eigenvalue weighted by Crippen LogP contribution is -2.37. The zero-order valence-electron chi connectivity index (χ0n) is 12.1. The summed E-state index contributed by atoms with van der Waals surface area (Å²) in [7, 11) is 0. The van der Waals surface area contributed by atoms with Gasteiger partial charge in [-0.1, -0.05) is 28.4 Å². The Labute approximate surface area is 137 Å². The van der Waals surface area contributed by atoms with Gasteiger partial charge in [0.15, 0.2) is 0 Å². The van der Waals surface area contributed by atoms with E-state index in [0.717, 1.165) is 27.6 Å². The van der Waals surface area contributed by atoms with Crippen LogP contribution in [0.2, 0.25) is 0 Å². The molecule has 2 aromatic rings. The van der Waals surface area contributed by atoms with Crippen LogP contribution in [0.25, 0.3) is 10.1 Å². The van der Waals surface area contributed by atoms with Crippen molar-refractivity contribution < 1.29 is 4.79 Å². The summed E-state index contributed by atoms with van der Waals surface area (Å²) < 4.78 is 2.07. The summed E-state index contributed by atoms with van der Waals surface area (Å²) in [6.07, 6.45) is 3.80. The standard InChI is InChI=1S/C16H19BrN2OS/c1-2-19(9-10-4-3-5-10)16(20)15-14(18)12-7-6-11(17)8-13(12)21-15/h6-8,10H,2-5,9,18H2,1H3. The van der Waals surface area contributed by atoms with Gasteiger partial charge in [0.05, 0.1) is 5.69 Å². The molecule has 0 saturated heterocycles. The number of hydrogen-bond donors (Lipinski definition) is 1. The molecule has 0 spiro atoms. The average Bonchev–Trinajstić information content (AvgIpc) is 2.74. The lowest BCUT2D eigenvalue weighted by atomic mass is 9.85. The van der Waals surface area contributed by atoms with Gasteiger partial charge in [-0.15, -0.1) is 11.3 Å². The van der Waals surface area contributed by atoms with E-state index in [-0.39, 0.29) is 5.91 Å². The Kier molecular flexibility index (Phi) is 4.22. The first-order valence-electron chi connectivity index (χ1n) is 7.37. The van der Waals surface area contributed by atoms with E-state index in [1.54, 1.807) is 0 Å². The maximum atomic E-state index is 12.8. The topological polar surface area (TPSA) is 46.3 Å². The quantitative estimate of drug-likeness (QED) is 0.864. The zero-order chi connectivity index (χ0) is 15.0. The maximum absolute atomic E-state index is 12.8. The number of rotatable bonds is 4. The summed E-state index contributed by atoms with van der Waals surface area (Å²) in [6.45, 7) is 3.65. The lowest BCUT2D eigenvalue weighted by molar-refractivity contribution is 0.0712. The molecule has 1 aromatic heterocycles. The van der Waals surface area contributed by atoms with Crippen molar-refractivity contribution in [1.29, 1.82) is 0 Å². The summed E-state index contributed by atoms with van der Waals surface area (Å²) in [5, 5.41) is 0.978. The van der Waals surface area contributed by atoms with Crippen LogP contribution in [0.1, 0.15) is 35.9 Å². The van der Waals surface area contributed by atoms with Crippen LogP contribution < -0.4 is 5.73 Å². The Balaban J connectivity index is 1.90. The first-order chi connectivity index (χ1) is 10.1. The van der Waals surface area contributed by atoms with E-state index in [2.05, 4.69) is 15.9 Å². The predicted molar refractivity (Wildman–Crippen MR) is 92.9 cm³/mol. The van der Waals surface area contributed by atoms with Gasteiger partial charge in [-0.2, -0.15) is 0 Å². The molecule has 1 fully saturated rings. The third-order valence-corrected chi connectivity index (χ3v) is 5.91. The van der Waals surface area contributed by atoms with E-state index in [1.165, 1.54) is 30.6 Å². The summed E-state index contributed by atoms with van der Waals surface area (Å²) in [4.78, 5) is 15.4. The third kappa shape index (κ3) is 2.81. The molecule has 0 unspecified atom stereocenters. The van der Waals surface area contributed by atoms with E-state index in [0.29, 0.717) is 16.5 Å². The number of fused-ring (bicyclic) bond motifs is 1. The highest BCUT2D eigenvalue weighted by molar-refractivity contribution is 9.10. The van der Waals surface area contributed by atoms with Crippen LogP contribution in [0.4, 0.5) is 5.69 Å². The number of nitrogen functional groups attached to an aromatic ring is 1. The maximum Gasteiger partial charge on any atom is 0.266 e. The number of carbonyl (C=O) groups excluding carboxylic acids is 1. The molecule has 0 aliphatic heterocycles. The first kappa shape index (κ1) is 14.9. The summed E-state index contributed by atoms with van der Waals surface area (Å²) in [6, 6.07) is 5.96. The number of anilines is 1. The molecule has 0 radical (unpaired) electrons. The predicted octanol–water partition coefficient (Wildman–Crippen LogP) is 4.51. The van der Waals surface area contributed by atoms with E-state index in [4.69, 9.17) is 5.73 Å². The minimum Gasteiger partial charge on any atom is -0.397 e. The van der Waals surface area contributed by atoms with E-state index in [1.807, 2.05) is 30.0 Å². The fraction of sp³-hybridized carbons (Fsp3) is 0.438. The van der Waals surface area contributed by atoms with Crippen LogP contribution in [0.3, 0.4) is 0 Å². The second kappa shape index (κ2) is 5.97. The van der Waals surface area contributed by atoms with E-state index < -0.39 is 0 Å². The number of nitrogens with zero attached hydrogens (tertiary/aromatic N) is 1. The van der Waals surface area contributed by atoms with Crippen LogP contribution in [0.5, 0.6) is 0 Å². The highest BCUT2D eigenvalue weighted by Gasteiger charge is 2.26. The van der Waals surface area contributed by atoms with Crippen molar-refractivity contribution in [3.8, 4) is 0 Å². The molecule has 0 bridgehead atoms. The van der Waals surface area contributed by atoms with Crippen molar-refractivity contribution in [3.63, 3.8) is 0 Å². The van der Waals surface area contributed by atoms with Gasteiger partial charge in [0.25, 0.3) is 5.91 Å². The van der Waals surface area contributed by atoms with Crippen LogP contribution in [-0.2, 0) is 0 Å². The highest BCUT2D eigenvalue weighted by atomic mass is 79.9. The monoisotopic (exact) mass is 366 g/mol. The average molecular weight is 367 g/mol. The normalized spacial score (nSPS) is 15.1. The van der Waals surface area contributed by atoms with Crippen LogP contribution >= 0.6 is 27.3 Å². The van der Waals surface area contributed by atoms with E-state index >= 15 is 0 Å². The van der Waals surface area contributed by atoms with Crippen molar-refractivity contribution in [2.75, 3.05) is 18.8 Å². The second-order valence-corrected chi connectivity index (χ2v) is 7.59. The number of carbonyl (C=O) groups is 1. The minimum atomic E-state index is 0.0826. The van der Waals surface area contributed by atoms with Crippen molar-refractivity contribution in [2.45, 2.75) is 26.2 Å². The number of amides is 1. The Morgan fingerprint density at radius 2 is 2.24 bits per heavy atom. The molecule has 5 heteroatoms. The van der Waals surface area contributed by atoms with Gasteiger partial charge in [0, 0.05) is 27.6 Å². The molecule has 2 N–H and O–H groups in total. The highest BCUT2D eigenvalue weighted by Crippen LogP contribution is 2.36. The Hall–Kier alpha value is -1.07. The molecule has 1 aliphatic rings. The molecule has 0 atom stereocenters. The first-order valence-corrected chi connectivity index (χ1v) is 8.98. The van der Waals surface area contributed by atoms with Gasteiger partial charge in [0.2, 0.25) is 0 Å². The number of hydrogen-bond acceptors (Lipinski definition) is 3. The lowest BCUT2D eigenvalue weighted by Gasteiger charge is -2.31. The molecular weight excluding hydrogens is 348 g/mol. The van der Waals surface area contributed by atoms with Gasteiger partial charge in [-0.25, -0.2) is 0 Å². The molecule has 112 valence electrons. The van der Waals surface area contributed by atoms with Gasteiger partial charge in [0.1, 0.15) is 4.88 Å². The molecule has 1 amide bonds. The van der Waals surface area contributed by atoms with Crippen molar-refractivity contribution in [3.05, 3.63) is 27.5 Å². The summed E-state index contributed by atoms with van der Waals surface area (Å²) >= 11 is 4.96. The number of benzene rings is 1. The van der Waals surface area contributed by atoms with Crippen LogP contribution in [-0.4, -0.2) is 23.9 Å². The molecule has 1 saturated carbocycles. The van der Waals surface area contributed by atoms with Crippen molar-refractivity contribution >= 4 is 48.9 Å². The number of thiophene rings is 1. The molecule has 3 nitrogen and oxygen atoms in total. The fourth-order valence-corrected chi connectivity index (χ4v) is 4.38. The molecular formula is C16H19BrN2OS. The third-order valence-electron chi connectivity index (χ3n) is 4.26. The van der Waals surface area contributed by atoms with Gasteiger partial charge < -0.3 is 10.6 Å². The molecule has 3 rings (SSSR count). The molecule has 21 heavy (non-hydrogen) atoms. The van der Waals surface area contributed by atoms with Gasteiger partial charge in [-0.05, 0) is 37.8 Å². The zero-order valence-corrected chi connectivity index (χ0v) is 14.5. The molecule has 1 aromatic carbocycles. The van der Waals surface area contributed by atoms with Gasteiger partial charge in [-0.3, -0.25) is 4.79 Å². The van der Waals surface area contributed by atoms with Gasteiger partial charge >= 0.3 is 0 Å². The van der Waals surface area contributed by atoms with Crippen molar-refractivity contribution in [2.24, 2.45) is 5.92 Å². The van der Waals surface area contributed by atoms with Crippen molar-refractivity contribution in [1.82, 2.24) is 4.90 Å². The minimum absolute atomic E-state index is 0.0826. The fourth-order valence-electron chi connectivity index (χ4n) is 2.74.